The molecule has 2 heterocycles. The van der Waals surface area contributed by atoms with E-state index in [9.17, 15) is 22.4 Å². The number of anilines is 1. The van der Waals surface area contributed by atoms with Gasteiger partial charge in [-0.3, -0.25) is 4.79 Å². The van der Waals surface area contributed by atoms with Gasteiger partial charge < -0.3 is 5.32 Å². The van der Waals surface area contributed by atoms with E-state index in [1.54, 1.807) is 24.3 Å². The van der Waals surface area contributed by atoms with Crippen LogP contribution in [0.2, 0.25) is 5.02 Å². The Hall–Kier alpha value is -3.11. The van der Waals surface area contributed by atoms with Crippen LogP contribution < -0.4 is 5.32 Å². The maximum Gasteiger partial charge on any atom is 0.433 e. The van der Waals surface area contributed by atoms with Gasteiger partial charge in [0, 0.05) is 10.5 Å². The average molecular weight is 481 g/mol. The highest BCUT2D eigenvalue weighted by Crippen LogP contribution is 2.35. The van der Waals surface area contributed by atoms with Crippen LogP contribution in [0.3, 0.4) is 0 Å². The molecule has 1 N–H and O–H groups in total. The summed E-state index contributed by atoms with van der Waals surface area (Å²) in [5.74, 6) is -1.32. The first kappa shape index (κ1) is 22.1. The van der Waals surface area contributed by atoms with Gasteiger partial charge in [-0.25, -0.2) is 13.9 Å². The lowest BCUT2D eigenvalue weighted by Gasteiger charge is -2.11. The lowest BCUT2D eigenvalue weighted by molar-refractivity contribution is -0.142. The third kappa shape index (κ3) is 4.15. The van der Waals surface area contributed by atoms with Crippen molar-refractivity contribution in [3.05, 3.63) is 76.8 Å². The molecule has 0 saturated carbocycles. The summed E-state index contributed by atoms with van der Waals surface area (Å²) in [4.78, 5) is 17.7. The molecule has 32 heavy (non-hydrogen) atoms. The highest BCUT2D eigenvalue weighted by Gasteiger charge is 2.36. The minimum absolute atomic E-state index is 0.0914. The fraction of sp³-hybridized carbons (Fsp3) is 0.0952. The van der Waals surface area contributed by atoms with E-state index in [1.807, 2.05) is 6.26 Å². The van der Waals surface area contributed by atoms with Gasteiger partial charge in [0.05, 0.1) is 11.4 Å². The van der Waals surface area contributed by atoms with Crippen LogP contribution in [-0.4, -0.2) is 26.8 Å². The molecule has 2 aromatic carbocycles. The maximum absolute atomic E-state index is 13.8. The van der Waals surface area contributed by atoms with E-state index >= 15 is 0 Å². The number of nitrogens with zero attached hydrogens (tertiary/aromatic N) is 3. The second kappa shape index (κ2) is 8.44. The molecule has 0 aliphatic heterocycles. The molecule has 4 aromatic rings. The molecule has 4 rings (SSSR count). The molecule has 1 amide bonds. The van der Waals surface area contributed by atoms with E-state index in [2.05, 4.69) is 15.4 Å². The number of alkyl halides is 3. The molecule has 5 nitrogen and oxygen atoms in total. The number of fused-ring (bicyclic) bond motifs is 1. The van der Waals surface area contributed by atoms with E-state index in [4.69, 9.17) is 11.6 Å². The molecular formula is C21H13ClF4N4OS. The number of rotatable bonds is 4. The van der Waals surface area contributed by atoms with Crippen LogP contribution in [0.15, 0.2) is 59.5 Å². The summed E-state index contributed by atoms with van der Waals surface area (Å²) in [5.41, 5.74) is -1.30. The largest absolute Gasteiger partial charge is 0.433 e. The predicted molar refractivity (Wildman–Crippen MR) is 115 cm³/mol. The number of nitrogens with one attached hydrogen (secondary N) is 1. The lowest BCUT2D eigenvalue weighted by atomic mass is 10.1. The number of para-hydroxylation sites is 1. The molecule has 0 radical (unpaired) electrons. The highest BCUT2D eigenvalue weighted by atomic mass is 35.5. The van der Waals surface area contributed by atoms with Crippen LogP contribution >= 0.6 is 23.4 Å². The summed E-state index contributed by atoms with van der Waals surface area (Å²) in [6.45, 7) is 0. The standard InChI is InChI=1S/C21H13ClF4N4OS/c1-32-15-5-3-2-4-13(15)28-20(31)18-17(22)19-27-14(11-6-8-12(23)9-7-11)10-16(21(24,25)26)30(19)29-18/h2-10H,1H3,(H,28,31). The second-order valence-electron chi connectivity index (χ2n) is 6.58. The van der Waals surface area contributed by atoms with Gasteiger partial charge in [0.25, 0.3) is 5.91 Å². The zero-order valence-electron chi connectivity index (χ0n) is 16.2. The molecule has 2 aromatic heterocycles. The molecule has 0 atom stereocenters. The monoisotopic (exact) mass is 480 g/mol. The molecule has 0 saturated heterocycles. The topological polar surface area (TPSA) is 59.3 Å². The van der Waals surface area contributed by atoms with Gasteiger partial charge >= 0.3 is 6.18 Å². The summed E-state index contributed by atoms with van der Waals surface area (Å²) in [5, 5.41) is 6.09. The first-order valence-corrected chi connectivity index (χ1v) is 10.7. The number of aromatic nitrogens is 3. The van der Waals surface area contributed by atoms with Crippen molar-refractivity contribution >= 4 is 40.6 Å². The Bertz CT molecular complexity index is 1320. The summed E-state index contributed by atoms with van der Waals surface area (Å²) < 4.78 is 55.0. The zero-order chi connectivity index (χ0) is 23.0. The minimum Gasteiger partial charge on any atom is -0.320 e. The molecule has 0 bridgehead atoms. The van der Waals surface area contributed by atoms with Gasteiger partial charge in [0.15, 0.2) is 17.0 Å². The highest BCUT2D eigenvalue weighted by molar-refractivity contribution is 7.98. The fourth-order valence-electron chi connectivity index (χ4n) is 3.04. The summed E-state index contributed by atoms with van der Waals surface area (Å²) in [6, 6.07) is 12.5. The van der Waals surface area contributed by atoms with Crippen molar-refractivity contribution < 1.29 is 22.4 Å². The van der Waals surface area contributed by atoms with Crippen molar-refractivity contribution in [2.45, 2.75) is 11.1 Å². The van der Waals surface area contributed by atoms with Crippen molar-refractivity contribution in [2.24, 2.45) is 0 Å². The summed E-state index contributed by atoms with van der Waals surface area (Å²) >= 11 is 7.65. The van der Waals surface area contributed by atoms with E-state index in [-0.39, 0.29) is 21.9 Å². The Balaban J connectivity index is 1.84. The van der Waals surface area contributed by atoms with Crippen molar-refractivity contribution in [2.75, 3.05) is 11.6 Å². The summed E-state index contributed by atoms with van der Waals surface area (Å²) in [6.07, 6.45) is -3.00. The molecular weight excluding hydrogens is 468 g/mol. The Morgan fingerprint density at radius 3 is 2.47 bits per heavy atom. The fourth-order valence-corrected chi connectivity index (χ4v) is 3.84. The molecule has 0 aliphatic rings. The minimum atomic E-state index is -4.81. The van der Waals surface area contributed by atoms with Gasteiger partial charge in [-0.05, 0) is 48.7 Å². The predicted octanol–water partition coefficient (Wildman–Crippen LogP) is 6.18. The molecule has 0 fully saturated rings. The van der Waals surface area contributed by atoms with Gasteiger partial charge in [-0.15, -0.1) is 11.8 Å². The third-order valence-corrected chi connectivity index (χ3v) is 5.68. The van der Waals surface area contributed by atoms with Crippen molar-refractivity contribution in [1.82, 2.24) is 14.6 Å². The Morgan fingerprint density at radius 2 is 1.81 bits per heavy atom. The number of hydrogen-bond donors (Lipinski definition) is 1. The molecule has 0 aliphatic carbocycles. The van der Waals surface area contributed by atoms with E-state index in [1.165, 1.54) is 23.9 Å². The Labute approximate surface area is 188 Å². The van der Waals surface area contributed by atoms with Gasteiger partial charge in [0.1, 0.15) is 10.8 Å². The van der Waals surface area contributed by atoms with Gasteiger partial charge in [-0.2, -0.15) is 18.3 Å². The smallest absolute Gasteiger partial charge is 0.320 e. The zero-order valence-corrected chi connectivity index (χ0v) is 17.8. The maximum atomic E-state index is 13.8. The van der Waals surface area contributed by atoms with Crippen LogP contribution in [0.5, 0.6) is 0 Å². The number of halogens is 5. The number of benzene rings is 2. The van der Waals surface area contributed by atoms with E-state index in [0.717, 1.165) is 23.1 Å². The first-order chi connectivity index (χ1) is 15.2. The second-order valence-corrected chi connectivity index (χ2v) is 7.81. The van der Waals surface area contributed by atoms with Crippen LogP contribution in [0.4, 0.5) is 23.2 Å². The quantitative estimate of drug-likeness (QED) is 0.280. The first-order valence-electron chi connectivity index (χ1n) is 9.06. The van der Waals surface area contributed by atoms with Crippen molar-refractivity contribution in [1.29, 1.82) is 0 Å². The van der Waals surface area contributed by atoms with Crippen molar-refractivity contribution in [3.8, 4) is 11.3 Å². The molecule has 0 unspecified atom stereocenters. The number of thioether (sulfide) groups is 1. The normalized spacial score (nSPS) is 11.7. The van der Waals surface area contributed by atoms with E-state index < -0.39 is 29.3 Å². The van der Waals surface area contributed by atoms with Crippen LogP contribution in [0, 0.1) is 5.82 Å². The number of hydrogen-bond acceptors (Lipinski definition) is 4. The molecule has 11 heteroatoms. The lowest BCUT2D eigenvalue weighted by Crippen LogP contribution is -2.16. The van der Waals surface area contributed by atoms with Crippen LogP contribution in [0.25, 0.3) is 16.9 Å². The molecule has 0 spiro atoms. The number of amides is 1. The number of carbonyl (C=O) groups excluding carboxylic acids is 1. The van der Waals surface area contributed by atoms with Crippen LogP contribution in [0.1, 0.15) is 16.2 Å². The third-order valence-electron chi connectivity index (χ3n) is 4.53. The summed E-state index contributed by atoms with van der Waals surface area (Å²) in [7, 11) is 0. The average Bonchev–Trinajstić information content (AvgIpc) is 3.10. The Kier molecular flexibility index (Phi) is 5.83. The molecule has 164 valence electrons. The van der Waals surface area contributed by atoms with E-state index in [0.29, 0.717) is 10.2 Å². The number of carbonyl (C=O) groups is 1. The van der Waals surface area contributed by atoms with Crippen molar-refractivity contribution in [3.63, 3.8) is 0 Å². The van der Waals surface area contributed by atoms with Gasteiger partial charge in [0.2, 0.25) is 0 Å². The SMILES string of the molecule is CSc1ccccc1NC(=O)c1nn2c(C(F)(F)F)cc(-c3ccc(F)cc3)nc2c1Cl. The Morgan fingerprint density at radius 1 is 1.12 bits per heavy atom. The van der Waals surface area contributed by atoms with Gasteiger partial charge in [-0.1, -0.05) is 23.7 Å². The van der Waals surface area contributed by atoms with Crippen LogP contribution in [-0.2, 0) is 6.18 Å².